The summed E-state index contributed by atoms with van der Waals surface area (Å²) in [6.45, 7) is 12.2. The van der Waals surface area contributed by atoms with Crippen LogP contribution >= 0.6 is 0 Å². The largest absolute Gasteiger partial charge is 0.372 e. The molecule has 0 unspecified atom stereocenters. The summed E-state index contributed by atoms with van der Waals surface area (Å²) >= 11 is 0. The van der Waals surface area contributed by atoms with Gasteiger partial charge in [-0.2, -0.15) is 0 Å². The Morgan fingerprint density at radius 2 is 1.86 bits per heavy atom. The number of benzene rings is 1. The summed E-state index contributed by atoms with van der Waals surface area (Å²) in [4.78, 5) is 16.8. The van der Waals surface area contributed by atoms with E-state index in [1.165, 1.54) is 5.69 Å². The standard InChI is InChI=1S/C22H31N5O/c1-5-26(6-2)18-7-8-19(17(4)15-18)23-21-10-9-20(24-25-21)22(28)27-13-11-16(3)12-14-27/h7-10,15-16H,5-6,11-14H2,1-4H3,(H,23,25). The molecule has 1 aliphatic heterocycles. The summed E-state index contributed by atoms with van der Waals surface area (Å²) in [5.41, 5.74) is 3.77. The molecule has 1 saturated heterocycles. The maximum absolute atomic E-state index is 12.6. The SMILES string of the molecule is CCN(CC)c1ccc(Nc2ccc(C(=O)N3CCC(C)CC3)nn2)c(C)c1. The van der Waals surface area contributed by atoms with E-state index in [-0.39, 0.29) is 5.91 Å². The van der Waals surface area contributed by atoms with Gasteiger partial charge in [-0.3, -0.25) is 4.79 Å². The zero-order valence-corrected chi connectivity index (χ0v) is 17.4. The van der Waals surface area contributed by atoms with E-state index in [0.29, 0.717) is 17.4 Å². The molecule has 0 spiro atoms. The average molecular weight is 382 g/mol. The molecule has 3 rings (SSSR count). The first-order chi connectivity index (χ1) is 13.5. The minimum absolute atomic E-state index is 0.0225. The number of aryl methyl sites for hydroxylation is 1. The van der Waals surface area contributed by atoms with Crippen molar-refractivity contribution < 1.29 is 4.79 Å². The predicted octanol–water partition coefficient (Wildman–Crippen LogP) is 4.25. The van der Waals surface area contributed by atoms with Gasteiger partial charge in [0.2, 0.25) is 0 Å². The van der Waals surface area contributed by atoms with Gasteiger partial charge in [-0.1, -0.05) is 6.92 Å². The van der Waals surface area contributed by atoms with Crippen LogP contribution in [0.5, 0.6) is 0 Å². The highest BCUT2D eigenvalue weighted by atomic mass is 16.2. The van der Waals surface area contributed by atoms with Crippen molar-refractivity contribution >= 4 is 23.1 Å². The van der Waals surface area contributed by atoms with E-state index >= 15 is 0 Å². The zero-order valence-electron chi connectivity index (χ0n) is 17.4. The highest BCUT2D eigenvalue weighted by Crippen LogP contribution is 2.25. The quantitative estimate of drug-likeness (QED) is 0.811. The van der Waals surface area contributed by atoms with Gasteiger partial charge >= 0.3 is 0 Å². The van der Waals surface area contributed by atoms with Crippen molar-refractivity contribution in [3.63, 3.8) is 0 Å². The van der Waals surface area contributed by atoms with Crippen LogP contribution in [0.4, 0.5) is 17.2 Å². The molecule has 6 heteroatoms. The van der Waals surface area contributed by atoms with Gasteiger partial charge in [0, 0.05) is 37.6 Å². The van der Waals surface area contributed by atoms with Crippen LogP contribution in [0.2, 0.25) is 0 Å². The van der Waals surface area contributed by atoms with E-state index in [4.69, 9.17) is 0 Å². The minimum Gasteiger partial charge on any atom is -0.372 e. The molecule has 0 aliphatic carbocycles. The summed E-state index contributed by atoms with van der Waals surface area (Å²) in [7, 11) is 0. The summed E-state index contributed by atoms with van der Waals surface area (Å²) in [6, 6.07) is 9.95. The van der Waals surface area contributed by atoms with Crippen molar-refractivity contribution in [3.8, 4) is 0 Å². The lowest BCUT2D eigenvalue weighted by Gasteiger charge is -2.29. The molecule has 0 atom stereocenters. The van der Waals surface area contributed by atoms with Crippen molar-refractivity contribution in [1.82, 2.24) is 15.1 Å². The normalized spacial score (nSPS) is 14.8. The van der Waals surface area contributed by atoms with Gasteiger partial charge in [-0.25, -0.2) is 0 Å². The molecular weight excluding hydrogens is 350 g/mol. The molecule has 1 aromatic carbocycles. The molecule has 1 N–H and O–H groups in total. The Balaban J connectivity index is 1.66. The number of amides is 1. The van der Waals surface area contributed by atoms with Crippen molar-refractivity contribution in [3.05, 3.63) is 41.6 Å². The fraction of sp³-hybridized carbons (Fsp3) is 0.500. The Hall–Kier alpha value is -2.63. The fourth-order valence-corrected chi connectivity index (χ4v) is 3.60. The number of anilines is 3. The second-order valence-corrected chi connectivity index (χ2v) is 7.58. The van der Waals surface area contributed by atoms with Gasteiger partial charge in [0.25, 0.3) is 5.91 Å². The Labute approximate surface area is 168 Å². The van der Waals surface area contributed by atoms with E-state index in [1.807, 2.05) is 11.0 Å². The fourth-order valence-electron chi connectivity index (χ4n) is 3.60. The number of likely N-dealkylation sites (tertiary alicyclic amines) is 1. The van der Waals surface area contributed by atoms with Crippen LogP contribution < -0.4 is 10.2 Å². The van der Waals surface area contributed by atoms with Crippen LogP contribution in [0.1, 0.15) is 49.7 Å². The maximum Gasteiger partial charge on any atom is 0.274 e. The van der Waals surface area contributed by atoms with Crippen LogP contribution in [-0.2, 0) is 0 Å². The molecule has 28 heavy (non-hydrogen) atoms. The summed E-state index contributed by atoms with van der Waals surface area (Å²) in [5.74, 6) is 1.31. The topological polar surface area (TPSA) is 61.4 Å². The Bertz CT molecular complexity index is 793. The first kappa shape index (κ1) is 20.1. The van der Waals surface area contributed by atoms with Gasteiger partial charge in [0.05, 0.1) is 0 Å². The van der Waals surface area contributed by atoms with Crippen molar-refractivity contribution in [2.75, 3.05) is 36.4 Å². The third-order valence-corrected chi connectivity index (χ3v) is 5.56. The molecule has 2 heterocycles. The first-order valence-corrected chi connectivity index (χ1v) is 10.3. The van der Waals surface area contributed by atoms with E-state index < -0.39 is 0 Å². The number of nitrogens with one attached hydrogen (secondary N) is 1. The van der Waals surface area contributed by atoms with Crippen molar-refractivity contribution in [2.45, 2.75) is 40.5 Å². The number of carbonyl (C=O) groups excluding carboxylic acids is 1. The Morgan fingerprint density at radius 3 is 2.43 bits per heavy atom. The second-order valence-electron chi connectivity index (χ2n) is 7.58. The summed E-state index contributed by atoms with van der Waals surface area (Å²) in [5, 5.41) is 11.7. The molecule has 0 saturated carbocycles. The van der Waals surface area contributed by atoms with Gasteiger partial charge in [0.1, 0.15) is 0 Å². The number of piperidine rings is 1. The smallest absolute Gasteiger partial charge is 0.274 e. The molecule has 150 valence electrons. The zero-order chi connectivity index (χ0) is 20.1. The second kappa shape index (κ2) is 9.04. The molecule has 0 radical (unpaired) electrons. The lowest BCUT2D eigenvalue weighted by Crippen LogP contribution is -2.38. The van der Waals surface area contributed by atoms with Crippen molar-refractivity contribution in [2.24, 2.45) is 5.92 Å². The lowest BCUT2D eigenvalue weighted by molar-refractivity contribution is 0.0690. The lowest BCUT2D eigenvalue weighted by atomic mass is 9.99. The van der Waals surface area contributed by atoms with Crippen LogP contribution in [0.15, 0.2) is 30.3 Å². The van der Waals surface area contributed by atoms with E-state index in [1.54, 1.807) is 6.07 Å². The highest BCUT2D eigenvalue weighted by Gasteiger charge is 2.22. The van der Waals surface area contributed by atoms with Gasteiger partial charge in [-0.05, 0) is 75.4 Å². The van der Waals surface area contributed by atoms with Gasteiger partial charge in [0.15, 0.2) is 11.5 Å². The van der Waals surface area contributed by atoms with Crippen LogP contribution in [0.3, 0.4) is 0 Å². The van der Waals surface area contributed by atoms with Gasteiger partial charge < -0.3 is 15.1 Å². The molecule has 0 bridgehead atoms. The summed E-state index contributed by atoms with van der Waals surface area (Å²) in [6.07, 6.45) is 2.11. The van der Waals surface area contributed by atoms with Gasteiger partial charge in [-0.15, -0.1) is 10.2 Å². The molecule has 1 amide bonds. The molecular formula is C22H31N5O. The van der Waals surface area contributed by atoms with E-state index in [2.05, 4.69) is 66.3 Å². The van der Waals surface area contributed by atoms with Crippen LogP contribution in [0.25, 0.3) is 0 Å². The monoisotopic (exact) mass is 381 g/mol. The number of aromatic nitrogens is 2. The molecule has 1 aliphatic rings. The Kier molecular flexibility index (Phi) is 6.49. The third-order valence-electron chi connectivity index (χ3n) is 5.56. The predicted molar refractivity (Wildman–Crippen MR) is 114 cm³/mol. The molecule has 2 aromatic rings. The first-order valence-electron chi connectivity index (χ1n) is 10.3. The number of hydrogen-bond acceptors (Lipinski definition) is 5. The van der Waals surface area contributed by atoms with Crippen LogP contribution in [0, 0.1) is 12.8 Å². The average Bonchev–Trinajstić information content (AvgIpc) is 2.71. The number of rotatable bonds is 6. The third kappa shape index (κ3) is 4.61. The van der Waals surface area contributed by atoms with E-state index in [9.17, 15) is 4.79 Å². The maximum atomic E-state index is 12.6. The summed E-state index contributed by atoms with van der Waals surface area (Å²) < 4.78 is 0. The number of carbonyl (C=O) groups is 1. The van der Waals surface area contributed by atoms with Crippen molar-refractivity contribution in [1.29, 1.82) is 0 Å². The minimum atomic E-state index is -0.0225. The molecule has 6 nitrogen and oxygen atoms in total. The number of nitrogens with zero attached hydrogens (tertiary/aromatic N) is 4. The Morgan fingerprint density at radius 1 is 1.14 bits per heavy atom. The molecule has 1 aromatic heterocycles. The van der Waals surface area contributed by atoms with Crippen LogP contribution in [-0.4, -0.2) is 47.2 Å². The van der Waals surface area contributed by atoms with E-state index in [0.717, 1.165) is 50.3 Å². The highest BCUT2D eigenvalue weighted by molar-refractivity contribution is 5.92. The molecule has 1 fully saturated rings. The number of hydrogen-bond donors (Lipinski definition) is 1.